The van der Waals surface area contributed by atoms with Gasteiger partial charge in [-0.1, -0.05) is 35.9 Å². The number of allylic oxidation sites excluding steroid dienone is 1. The van der Waals surface area contributed by atoms with Crippen LogP contribution in [0.4, 0.5) is 4.39 Å². The molecule has 0 atom stereocenters. The Hall–Kier alpha value is -4.47. The van der Waals surface area contributed by atoms with Gasteiger partial charge < -0.3 is 9.88 Å². The highest BCUT2D eigenvalue weighted by molar-refractivity contribution is 6.45. The average molecular weight is 471 g/mol. The van der Waals surface area contributed by atoms with Crippen molar-refractivity contribution >= 4 is 34.4 Å². The number of aromatic nitrogens is 5. The van der Waals surface area contributed by atoms with E-state index in [4.69, 9.17) is 0 Å². The lowest BCUT2D eigenvalue weighted by atomic mass is 9.93. The normalized spacial score (nSPS) is 14.1. The van der Waals surface area contributed by atoms with Gasteiger partial charge in [-0.2, -0.15) is 5.10 Å². The molecule has 1 amide bonds. The molecule has 35 heavy (non-hydrogen) atoms. The first-order chi connectivity index (χ1) is 17.1. The van der Waals surface area contributed by atoms with Crippen LogP contribution in [0, 0.1) is 5.82 Å². The van der Waals surface area contributed by atoms with Crippen LogP contribution < -0.4 is 0 Å². The number of benzene rings is 1. The van der Waals surface area contributed by atoms with Crippen molar-refractivity contribution in [2.75, 3.05) is 20.1 Å². The number of nitrogens with zero attached hydrogens (tertiary/aromatic N) is 6. The Bertz CT molecular complexity index is 1450. The number of H-pyrrole nitrogens is 1. The van der Waals surface area contributed by atoms with Crippen LogP contribution in [0.3, 0.4) is 0 Å². The molecule has 1 N–H and O–H groups in total. The number of carbonyl (C=O) groups is 2. The zero-order chi connectivity index (χ0) is 24.4. The highest BCUT2D eigenvalue weighted by Gasteiger charge is 2.30. The van der Waals surface area contributed by atoms with Crippen molar-refractivity contribution in [2.24, 2.45) is 4.99 Å². The van der Waals surface area contributed by atoms with E-state index in [1.54, 1.807) is 7.05 Å². The van der Waals surface area contributed by atoms with Crippen molar-refractivity contribution in [1.82, 2.24) is 29.6 Å². The van der Waals surface area contributed by atoms with Crippen molar-refractivity contribution < 1.29 is 14.0 Å². The smallest absolute Gasteiger partial charge is 0.295 e. The fraction of sp³-hybridized carbons (Fsp3) is 0.200. The Kier molecular flexibility index (Phi) is 6.01. The predicted molar refractivity (Wildman–Crippen MR) is 129 cm³/mol. The van der Waals surface area contributed by atoms with Crippen LogP contribution in [0.5, 0.6) is 0 Å². The molecule has 10 heteroatoms. The van der Waals surface area contributed by atoms with E-state index in [0.29, 0.717) is 25.9 Å². The number of hydrogen-bond acceptors (Lipinski definition) is 6. The summed E-state index contributed by atoms with van der Waals surface area (Å²) in [7, 11) is 1.73. The van der Waals surface area contributed by atoms with Gasteiger partial charge in [-0.25, -0.2) is 19.0 Å². The third-order valence-electron chi connectivity index (χ3n) is 6.10. The van der Waals surface area contributed by atoms with E-state index in [9.17, 15) is 14.0 Å². The highest BCUT2D eigenvalue weighted by Crippen LogP contribution is 2.28. The molecule has 1 aliphatic heterocycles. The summed E-state index contributed by atoms with van der Waals surface area (Å²) in [4.78, 5) is 42.8. The lowest BCUT2D eigenvalue weighted by molar-refractivity contribution is -0.126. The van der Waals surface area contributed by atoms with E-state index in [0.717, 1.165) is 17.3 Å². The third kappa shape index (κ3) is 4.14. The summed E-state index contributed by atoms with van der Waals surface area (Å²) in [6.45, 7) is 0.786. The molecule has 0 bridgehead atoms. The summed E-state index contributed by atoms with van der Waals surface area (Å²) in [5, 5.41) is 4.02. The van der Waals surface area contributed by atoms with Crippen LogP contribution in [-0.4, -0.2) is 67.7 Å². The minimum Gasteiger partial charge on any atom is -0.357 e. The van der Waals surface area contributed by atoms with Crippen molar-refractivity contribution in [1.29, 1.82) is 0 Å². The first kappa shape index (κ1) is 22.3. The number of ketones is 1. The SMILES string of the molecule is CN=CC(=C1CCN(C(=O)C(=O)c2c[nH]c3c(-n4cncn4)ncc(F)c23)CC1)c1ccccc1. The van der Waals surface area contributed by atoms with Gasteiger partial charge in [0.15, 0.2) is 11.6 Å². The monoisotopic (exact) mass is 471 g/mol. The van der Waals surface area contributed by atoms with Gasteiger partial charge in [0.05, 0.1) is 22.7 Å². The van der Waals surface area contributed by atoms with Crippen LogP contribution in [0.1, 0.15) is 28.8 Å². The number of pyridine rings is 1. The number of halogens is 1. The van der Waals surface area contributed by atoms with E-state index in [1.807, 2.05) is 36.5 Å². The van der Waals surface area contributed by atoms with Gasteiger partial charge >= 0.3 is 0 Å². The molecule has 3 aromatic heterocycles. The molecule has 1 saturated heterocycles. The standard InChI is InChI=1S/C25H22FN7O2/c1-27-11-18(16-5-3-2-4-6-16)17-7-9-32(10-8-17)25(35)23(34)19-12-29-22-21(19)20(26)13-30-24(22)33-15-28-14-31-33/h2-6,11-15,29H,7-10H2,1H3. The number of nitrogens with one attached hydrogen (secondary N) is 1. The molecule has 4 heterocycles. The summed E-state index contributed by atoms with van der Waals surface area (Å²) in [5.74, 6) is -1.84. The minimum absolute atomic E-state index is 0.00645. The Morgan fingerprint density at radius 3 is 2.63 bits per heavy atom. The van der Waals surface area contributed by atoms with Crippen molar-refractivity contribution in [3.05, 3.63) is 77.9 Å². The maximum atomic E-state index is 14.7. The predicted octanol–water partition coefficient (Wildman–Crippen LogP) is 3.24. The molecule has 0 aliphatic carbocycles. The van der Waals surface area contributed by atoms with Crippen molar-refractivity contribution in [3.8, 4) is 5.82 Å². The van der Waals surface area contributed by atoms with Gasteiger partial charge in [0, 0.05) is 32.5 Å². The second-order valence-electron chi connectivity index (χ2n) is 8.11. The topological polar surface area (TPSA) is 109 Å². The number of aliphatic imine (C=N–C) groups is 1. The number of amides is 1. The van der Waals surface area contributed by atoms with E-state index in [1.165, 1.54) is 34.0 Å². The number of aromatic amines is 1. The Labute approximate surface area is 200 Å². The fourth-order valence-corrected chi connectivity index (χ4v) is 4.39. The van der Waals surface area contributed by atoms with Crippen molar-refractivity contribution in [3.63, 3.8) is 0 Å². The summed E-state index contributed by atoms with van der Waals surface area (Å²) in [6, 6.07) is 9.96. The first-order valence-corrected chi connectivity index (χ1v) is 11.1. The molecule has 0 unspecified atom stereocenters. The maximum absolute atomic E-state index is 14.7. The number of rotatable bonds is 5. The molecule has 0 spiro atoms. The maximum Gasteiger partial charge on any atom is 0.295 e. The molecule has 0 saturated carbocycles. The van der Waals surface area contributed by atoms with Crippen LogP contribution in [0.15, 0.2) is 65.9 Å². The molecule has 1 aromatic carbocycles. The molecule has 1 fully saturated rings. The molecule has 176 valence electrons. The third-order valence-corrected chi connectivity index (χ3v) is 6.10. The Morgan fingerprint density at radius 1 is 1.17 bits per heavy atom. The van der Waals surface area contributed by atoms with E-state index >= 15 is 0 Å². The Morgan fingerprint density at radius 2 is 1.94 bits per heavy atom. The lowest BCUT2D eigenvalue weighted by Gasteiger charge is -2.29. The number of likely N-dealkylation sites (tertiary alicyclic amines) is 1. The number of Topliss-reactive ketones (excluding diaryl/α,β-unsaturated/α-hetero) is 1. The van der Waals surface area contributed by atoms with Crippen LogP contribution in [0.2, 0.25) is 0 Å². The van der Waals surface area contributed by atoms with Crippen molar-refractivity contribution in [2.45, 2.75) is 12.8 Å². The van der Waals surface area contributed by atoms with E-state index in [-0.39, 0.29) is 22.3 Å². The van der Waals surface area contributed by atoms with E-state index < -0.39 is 17.5 Å². The fourth-order valence-electron chi connectivity index (χ4n) is 4.39. The van der Waals surface area contributed by atoms with E-state index in [2.05, 4.69) is 25.0 Å². The molecule has 0 radical (unpaired) electrons. The second kappa shape index (κ2) is 9.41. The van der Waals surface area contributed by atoms with Gasteiger partial charge in [-0.15, -0.1) is 0 Å². The minimum atomic E-state index is -0.767. The van der Waals surface area contributed by atoms with Gasteiger partial charge in [0.2, 0.25) is 0 Å². The van der Waals surface area contributed by atoms with Gasteiger partial charge in [0.25, 0.3) is 11.7 Å². The highest BCUT2D eigenvalue weighted by atomic mass is 19.1. The summed E-state index contributed by atoms with van der Waals surface area (Å²) < 4.78 is 16.1. The Balaban J connectivity index is 1.39. The summed E-state index contributed by atoms with van der Waals surface area (Å²) in [6.07, 6.45) is 8.17. The van der Waals surface area contributed by atoms with Crippen LogP contribution in [-0.2, 0) is 4.79 Å². The molecule has 1 aliphatic rings. The molecular weight excluding hydrogens is 449 g/mol. The molecular formula is C25H22FN7O2. The lowest BCUT2D eigenvalue weighted by Crippen LogP contribution is -2.40. The number of piperidine rings is 1. The second-order valence-corrected chi connectivity index (χ2v) is 8.11. The zero-order valence-electron chi connectivity index (χ0n) is 19.0. The van der Waals surface area contributed by atoms with Gasteiger partial charge in [-0.3, -0.25) is 14.6 Å². The summed E-state index contributed by atoms with van der Waals surface area (Å²) in [5.41, 5.74) is 3.52. The van der Waals surface area contributed by atoms with Gasteiger partial charge in [0.1, 0.15) is 12.7 Å². The zero-order valence-corrected chi connectivity index (χ0v) is 19.0. The quantitative estimate of drug-likeness (QED) is 0.273. The van der Waals surface area contributed by atoms with Gasteiger partial charge in [-0.05, 0) is 24.0 Å². The number of hydrogen-bond donors (Lipinski definition) is 1. The first-order valence-electron chi connectivity index (χ1n) is 11.1. The van der Waals surface area contributed by atoms with Crippen LogP contribution >= 0.6 is 0 Å². The number of carbonyl (C=O) groups excluding carboxylic acids is 2. The number of fused-ring (bicyclic) bond motifs is 1. The molecule has 4 aromatic rings. The largest absolute Gasteiger partial charge is 0.357 e. The summed E-state index contributed by atoms with van der Waals surface area (Å²) >= 11 is 0. The average Bonchev–Trinajstić information content (AvgIpc) is 3.59. The molecule has 5 rings (SSSR count). The molecule has 9 nitrogen and oxygen atoms in total. The van der Waals surface area contributed by atoms with Crippen LogP contribution in [0.25, 0.3) is 22.3 Å².